The van der Waals surface area contributed by atoms with Gasteiger partial charge in [0, 0.05) is 7.11 Å². The van der Waals surface area contributed by atoms with E-state index in [4.69, 9.17) is 4.74 Å². The van der Waals surface area contributed by atoms with Crippen LogP contribution < -0.4 is 0 Å². The Balaban J connectivity index is 2.34. The highest BCUT2D eigenvalue weighted by molar-refractivity contribution is 5.38. The zero-order chi connectivity index (χ0) is 15.5. The molecular formula is C16H15F3O2. The van der Waals surface area contributed by atoms with Gasteiger partial charge in [-0.05, 0) is 22.8 Å². The van der Waals surface area contributed by atoms with Crippen molar-refractivity contribution in [2.75, 3.05) is 7.11 Å². The molecule has 1 atom stereocenters. The molecule has 0 spiro atoms. The van der Waals surface area contributed by atoms with E-state index in [2.05, 4.69) is 0 Å². The molecule has 0 aliphatic rings. The van der Waals surface area contributed by atoms with Crippen molar-refractivity contribution in [1.29, 1.82) is 0 Å². The van der Waals surface area contributed by atoms with Gasteiger partial charge in [-0.25, -0.2) is 0 Å². The molecule has 0 radical (unpaired) electrons. The van der Waals surface area contributed by atoms with E-state index in [0.717, 1.165) is 11.6 Å². The first-order chi connectivity index (χ1) is 9.93. The summed E-state index contributed by atoms with van der Waals surface area (Å²) in [6.45, 7) is 0.412. The number of halogens is 3. The quantitative estimate of drug-likeness (QED) is 0.926. The van der Waals surface area contributed by atoms with Crippen LogP contribution in [0.25, 0.3) is 0 Å². The smallest absolute Gasteiger partial charge is 0.384 e. The van der Waals surface area contributed by atoms with Gasteiger partial charge in [0.05, 0.1) is 12.2 Å². The highest BCUT2D eigenvalue weighted by Gasteiger charge is 2.34. The normalized spacial score (nSPS) is 13.2. The average Bonchev–Trinajstić information content (AvgIpc) is 2.47. The van der Waals surface area contributed by atoms with Crippen molar-refractivity contribution in [2.24, 2.45) is 0 Å². The van der Waals surface area contributed by atoms with Crippen molar-refractivity contribution in [3.63, 3.8) is 0 Å². The summed E-state index contributed by atoms with van der Waals surface area (Å²) < 4.78 is 43.8. The van der Waals surface area contributed by atoms with Crippen molar-refractivity contribution in [3.8, 4) is 0 Å². The zero-order valence-corrected chi connectivity index (χ0v) is 11.4. The summed E-state index contributed by atoms with van der Waals surface area (Å²) >= 11 is 0. The van der Waals surface area contributed by atoms with Crippen LogP contribution in [0.2, 0.25) is 0 Å². The van der Waals surface area contributed by atoms with Gasteiger partial charge in [-0.3, -0.25) is 0 Å². The van der Waals surface area contributed by atoms with Gasteiger partial charge < -0.3 is 9.84 Å². The van der Waals surface area contributed by atoms with E-state index in [1.807, 2.05) is 0 Å². The maximum Gasteiger partial charge on any atom is 0.416 e. The fourth-order valence-corrected chi connectivity index (χ4v) is 2.14. The molecule has 0 aliphatic carbocycles. The number of aliphatic hydroxyl groups excluding tert-OH is 1. The third-order valence-electron chi connectivity index (χ3n) is 3.17. The molecule has 2 aromatic rings. The Morgan fingerprint density at radius 2 is 1.67 bits per heavy atom. The second-order valence-corrected chi connectivity index (χ2v) is 4.66. The fraction of sp³-hybridized carbons (Fsp3) is 0.250. The summed E-state index contributed by atoms with van der Waals surface area (Å²) in [6.07, 6.45) is -5.81. The lowest BCUT2D eigenvalue weighted by Crippen LogP contribution is -2.12. The molecule has 21 heavy (non-hydrogen) atoms. The Hall–Kier alpha value is -1.85. The third kappa shape index (κ3) is 3.62. The van der Waals surface area contributed by atoms with Crippen molar-refractivity contribution in [2.45, 2.75) is 18.9 Å². The van der Waals surface area contributed by atoms with Gasteiger partial charge >= 0.3 is 6.18 Å². The predicted octanol–water partition coefficient (Wildman–Crippen LogP) is 3.93. The second kappa shape index (κ2) is 6.28. The molecule has 0 aromatic heterocycles. The van der Waals surface area contributed by atoms with Crippen LogP contribution in [0.4, 0.5) is 13.2 Å². The highest BCUT2D eigenvalue weighted by Crippen LogP contribution is 2.36. The maximum absolute atomic E-state index is 13.0. The first-order valence-electron chi connectivity index (χ1n) is 6.35. The summed E-state index contributed by atoms with van der Waals surface area (Å²) in [6, 6.07) is 11.7. The van der Waals surface area contributed by atoms with Gasteiger partial charge in [-0.2, -0.15) is 13.2 Å². The first-order valence-corrected chi connectivity index (χ1v) is 6.35. The van der Waals surface area contributed by atoms with Gasteiger partial charge in [0.15, 0.2) is 0 Å². The van der Waals surface area contributed by atoms with Crippen LogP contribution in [0, 0.1) is 0 Å². The minimum atomic E-state index is -4.49. The number of alkyl halides is 3. The molecule has 1 N–H and O–H groups in total. The van der Waals surface area contributed by atoms with Crippen molar-refractivity contribution in [3.05, 3.63) is 70.8 Å². The van der Waals surface area contributed by atoms with Crippen LogP contribution >= 0.6 is 0 Å². The van der Waals surface area contributed by atoms with Crippen LogP contribution in [0.1, 0.15) is 28.4 Å². The Labute approximate surface area is 120 Å². The zero-order valence-electron chi connectivity index (χ0n) is 11.4. The largest absolute Gasteiger partial charge is 0.416 e. The average molecular weight is 296 g/mol. The third-order valence-corrected chi connectivity index (χ3v) is 3.17. The number of hydrogen-bond acceptors (Lipinski definition) is 2. The van der Waals surface area contributed by atoms with Crippen LogP contribution in [-0.4, -0.2) is 12.2 Å². The van der Waals surface area contributed by atoms with Crippen LogP contribution in [0.5, 0.6) is 0 Å². The molecular weight excluding hydrogens is 281 g/mol. The van der Waals surface area contributed by atoms with Crippen LogP contribution in [-0.2, 0) is 17.5 Å². The molecule has 0 aliphatic heterocycles. The van der Waals surface area contributed by atoms with Crippen molar-refractivity contribution >= 4 is 0 Å². The number of benzene rings is 2. The summed E-state index contributed by atoms with van der Waals surface area (Å²) in [5.41, 5.74) is 0.326. The predicted molar refractivity (Wildman–Crippen MR) is 72.7 cm³/mol. The molecule has 0 bridgehead atoms. The number of methoxy groups -OCH3 is 1. The number of hydrogen-bond donors (Lipinski definition) is 1. The van der Waals surface area contributed by atoms with Crippen molar-refractivity contribution < 1.29 is 23.0 Å². The Morgan fingerprint density at radius 1 is 1.05 bits per heavy atom. The lowest BCUT2D eigenvalue weighted by Gasteiger charge is -2.18. The van der Waals surface area contributed by atoms with E-state index in [1.165, 1.54) is 18.2 Å². The molecule has 0 heterocycles. The van der Waals surface area contributed by atoms with E-state index in [-0.39, 0.29) is 5.56 Å². The van der Waals surface area contributed by atoms with E-state index in [0.29, 0.717) is 12.2 Å². The molecule has 0 saturated carbocycles. The molecule has 0 amide bonds. The molecule has 2 aromatic carbocycles. The molecule has 1 unspecified atom stereocenters. The first kappa shape index (κ1) is 15.5. The Morgan fingerprint density at radius 3 is 2.24 bits per heavy atom. The van der Waals surface area contributed by atoms with E-state index in [9.17, 15) is 18.3 Å². The minimum absolute atomic E-state index is 0.149. The van der Waals surface area contributed by atoms with Gasteiger partial charge in [0.2, 0.25) is 0 Å². The highest BCUT2D eigenvalue weighted by atomic mass is 19.4. The second-order valence-electron chi connectivity index (χ2n) is 4.66. The number of ether oxygens (including phenoxy) is 1. The fourth-order valence-electron chi connectivity index (χ4n) is 2.14. The number of aliphatic hydroxyl groups is 1. The lowest BCUT2D eigenvalue weighted by atomic mass is 9.96. The number of rotatable bonds is 4. The standard InChI is InChI=1S/C16H15F3O2/c1-21-10-11-6-8-12(9-7-11)15(20)13-4-2-3-5-14(13)16(17,18)19/h2-9,15,20H,10H2,1H3. The Bertz CT molecular complexity index is 591. The van der Waals surface area contributed by atoms with Crippen LogP contribution in [0.3, 0.4) is 0 Å². The SMILES string of the molecule is COCc1ccc(C(O)c2ccccc2C(F)(F)F)cc1. The van der Waals surface area contributed by atoms with Gasteiger partial charge in [-0.1, -0.05) is 42.5 Å². The molecule has 0 fully saturated rings. The summed E-state index contributed by atoms with van der Waals surface area (Å²) in [5, 5.41) is 10.2. The molecule has 112 valence electrons. The summed E-state index contributed by atoms with van der Waals surface area (Å²) in [7, 11) is 1.56. The van der Waals surface area contributed by atoms with E-state index >= 15 is 0 Å². The monoisotopic (exact) mass is 296 g/mol. The molecule has 2 rings (SSSR count). The summed E-state index contributed by atoms with van der Waals surface area (Å²) in [4.78, 5) is 0. The van der Waals surface area contributed by atoms with Gasteiger partial charge in [-0.15, -0.1) is 0 Å². The Kier molecular flexibility index (Phi) is 4.65. The molecule has 5 heteroatoms. The lowest BCUT2D eigenvalue weighted by molar-refractivity contribution is -0.139. The molecule has 2 nitrogen and oxygen atoms in total. The maximum atomic E-state index is 13.0. The molecule has 0 saturated heterocycles. The van der Waals surface area contributed by atoms with Gasteiger partial charge in [0.1, 0.15) is 6.10 Å². The van der Waals surface area contributed by atoms with Crippen LogP contribution in [0.15, 0.2) is 48.5 Å². The topological polar surface area (TPSA) is 29.5 Å². The van der Waals surface area contributed by atoms with Gasteiger partial charge in [0.25, 0.3) is 0 Å². The van der Waals surface area contributed by atoms with E-state index < -0.39 is 17.8 Å². The minimum Gasteiger partial charge on any atom is -0.384 e. The summed E-state index contributed by atoms with van der Waals surface area (Å²) in [5.74, 6) is 0. The van der Waals surface area contributed by atoms with Crippen molar-refractivity contribution in [1.82, 2.24) is 0 Å². The van der Waals surface area contributed by atoms with E-state index in [1.54, 1.807) is 31.4 Å².